The SMILES string of the molecule is C=CCCOCCNc1cc(C)ccc1C(=O)O. The van der Waals surface area contributed by atoms with E-state index in [-0.39, 0.29) is 5.56 Å². The number of benzene rings is 1. The molecule has 0 aliphatic heterocycles. The Morgan fingerprint density at radius 1 is 1.50 bits per heavy atom. The van der Waals surface area contributed by atoms with Crippen LogP contribution in [0.2, 0.25) is 0 Å². The summed E-state index contributed by atoms with van der Waals surface area (Å²) in [6.45, 7) is 7.30. The summed E-state index contributed by atoms with van der Waals surface area (Å²) in [6.07, 6.45) is 2.63. The molecule has 0 aromatic heterocycles. The van der Waals surface area contributed by atoms with Crippen molar-refractivity contribution in [3.05, 3.63) is 42.0 Å². The zero-order valence-corrected chi connectivity index (χ0v) is 10.6. The molecule has 18 heavy (non-hydrogen) atoms. The normalized spacial score (nSPS) is 10.1. The highest BCUT2D eigenvalue weighted by Crippen LogP contribution is 2.17. The van der Waals surface area contributed by atoms with E-state index in [0.717, 1.165) is 12.0 Å². The Bertz CT molecular complexity index is 416. The van der Waals surface area contributed by atoms with E-state index >= 15 is 0 Å². The topological polar surface area (TPSA) is 58.6 Å². The second-order valence-electron chi connectivity index (χ2n) is 3.97. The number of aryl methyl sites for hydroxylation is 1. The molecule has 1 aromatic rings. The number of carboxylic acid groups (broad SMARTS) is 1. The van der Waals surface area contributed by atoms with Gasteiger partial charge in [-0.15, -0.1) is 6.58 Å². The molecule has 4 nitrogen and oxygen atoms in total. The van der Waals surface area contributed by atoms with Gasteiger partial charge in [0, 0.05) is 12.2 Å². The molecule has 0 saturated carbocycles. The zero-order valence-electron chi connectivity index (χ0n) is 10.6. The quantitative estimate of drug-likeness (QED) is 0.549. The average molecular weight is 249 g/mol. The molecule has 0 fully saturated rings. The van der Waals surface area contributed by atoms with Gasteiger partial charge in [0.25, 0.3) is 0 Å². The lowest BCUT2D eigenvalue weighted by Crippen LogP contribution is -2.12. The Morgan fingerprint density at radius 2 is 2.28 bits per heavy atom. The van der Waals surface area contributed by atoms with Crippen molar-refractivity contribution in [2.75, 3.05) is 25.1 Å². The second-order valence-corrected chi connectivity index (χ2v) is 3.97. The summed E-state index contributed by atoms with van der Waals surface area (Å²) < 4.78 is 5.35. The van der Waals surface area contributed by atoms with Crippen LogP contribution >= 0.6 is 0 Å². The van der Waals surface area contributed by atoms with Gasteiger partial charge in [0.15, 0.2) is 0 Å². The van der Waals surface area contributed by atoms with Crippen molar-refractivity contribution in [3.8, 4) is 0 Å². The fraction of sp³-hybridized carbons (Fsp3) is 0.357. The Hall–Kier alpha value is -1.81. The van der Waals surface area contributed by atoms with E-state index in [1.807, 2.05) is 13.0 Å². The van der Waals surface area contributed by atoms with Crippen molar-refractivity contribution in [1.82, 2.24) is 0 Å². The lowest BCUT2D eigenvalue weighted by molar-refractivity contribution is 0.0698. The smallest absolute Gasteiger partial charge is 0.337 e. The summed E-state index contributed by atoms with van der Waals surface area (Å²) >= 11 is 0. The zero-order chi connectivity index (χ0) is 13.4. The third kappa shape index (κ3) is 4.59. The minimum atomic E-state index is -0.926. The number of carboxylic acids is 1. The summed E-state index contributed by atoms with van der Waals surface area (Å²) in [5.41, 5.74) is 1.94. The molecule has 0 aliphatic rings. The van der Waals surface area contributed by atoms with Gasteiger partial charge in [-0.05, 0) is 31.0 Å². The van der Waals surface area contributed by atoms with Gasteiger partial charge in [-0.2, -0.15) is 0 Å². The van der Waals surface area contributed by atoms with Crippen molar-refractivity contribution in [3.63, 3.8) is 0 Å². The molecule has 0 radical (unpaired) electrons. The first kappa shape index (κ1) is 14.3. The number of ether oxygens (including phenoxy) is 1. The van der Waals surface area contributed by atoms with Crippen LogP contribution in [0.25, 0.3) is 0 Å². The molecule has 0 atom stereocenters. The van der Waals surface area contributed by atoms with Crippen LogP contribution in [-0.4, -0.2) is 30.8 Å². The minimum Gasteiger partial charge on any atom is -0.478 e. The van der Waals surface area contributed by atoms with E-state index in [1.54, 1.807) is 18.2 Å². The van der Waals surface area contributed by atoms with Crippen LogP contribution in [0.1, 0.15) is 22.3 Å². The maximum atomic E-state index is 11.0. The molecule has 0 aliphatic carbocycles. The number of anilines is 1. The van der Waals surface area contributed by atoms with E-state index in [9.17, 15) is 4.79 Å². The fourth-order valence-electron chi connectivity index (χ4n) is 1.52. The molecule has 98 valence electrons. The molecule has 0 saturated heterocycles. The standard InChI is InChI=1S/C14H19NO3/c1-3-4-8-18-9-7-15-13-10-11(2)5-6-12(13)14(16)17/h3,5-6,10,15H,1,4,7-9H2,2H3,(H,16,17). The molecule has 0 heterocycles. The Labute approximate surface area is 107 Å². The molecule has 0 unspecified atom stereocenters. The third-order valence-electron chi connectivity index (χ3n) is 2.43. The highest BCUT2D eigenvalue weighted by Gasteiger charge is 2.09. The first-order valence-corrected chi connectivity index (χ1v) is 5.91. The van der Waals surface area contributed by atoms with Crippen molar-refractivity contribution in [2.45, 2.75) is 13.3 Å². The van der Waals surface area contributed by atoms with Crippen LogP contribution in [0, 0.1) is 6.92 Å². The van der Waals surface area contributed by atoms with Gasteiger partial charge in [0.1, 0.15) is 0 Å². The number of nitrogens with one attached hydrogen (secondary N) is 1. The van der Waals surface area contributed by atoms with E-state index in [2.05, 4.69) is 11.9 Å². The first-order chi connectivity index (χ1) is 8.65. The van der Waals surface area contributed by atoms with Crippen molar-refractivity contribution in [2.24, 2.45) is 0 Å². The average Bonchev–Trinajstić information content (AvgIpc) is 2.33. The van der Waals surface area contributed by atoms with E-state index in [4.69, 9.17) is 9.84 Å². The fourth-order valence-corrected chi connectivity index (χ4v) is 1.52. The van der Waals surface area contributed by atoms with E-state index in [1.165, 1.54) is 0 Å². The lowest BCUT2D eigenvalue weighted by atomic mass is 10.1. The first-order valence-electron chi connectivity index (χ1n) is 5.91. The van der Waals surface area contributed by atoms with Gasteiger partial charge < -0.3 is 15.2 Å². The number of hydrogen-bond acceptors (Lipinski definition) is 3. The molecule has 1 rings (SSSR count). The van der Waals surface area contributed by atoms with Gasteiger partial charge in [-0.3, -0.25) is 0 Å². The summed E-state index contributed by atoms with van der Waals surface area (Å²) in [4.78, 5) is 11.0. The Kier molecular flexibility index (Phi) is 5.94. The third-order valence-corrected chi connectivity index (χ3v) is 2.43. The van der Waals surface area contributed by atoms with Crippen molar-refractivity contribution < 1.29 is 14.6 Å². The summed E-state index contributed by atoms with van der Waals surface area (Å²) in [5, 5.41) is 12.1. The predicted molar refractivity (Wildman–Crippen MR) is 72.3 cm³/mol. The maximum Gasteiger partial charge on any atom is 0.337 e. The summed E-state index contributed by atoms with van der Waals surface area (Å²) in [6, 6.07) is 5.22. The van der Waals surface area contributed by atoms with Crippen LogP contribution in [0.3, 0.4) is 0 Å². The minimum absolute atomic E-state index is 0.284. The monoisotopic (exact) mass is 249 g/mol. The molecule has 1 aromatic carbocycles. The summed E-state index contributed by atoms with van der Waals surface area (Å²) in [7, 11) is 0. The largest absolute Gasteiger partial charge is 0.478 e. The Balaban J connectivity index is 2.47. The number of carbonyl (C=O) groups is 1. The van der Waals surface area contributed by atoms with Crippen LogP contribution in [0.4, 0.5) is 5.69 Å². The van der Waals surface area contributed by atoms with Gasteiger partial charge in [0.05, 0.1) is 18.8 Å². The van der Waals surface area contributed by atoms with Crippen LogP contribution in [-0.2, 0) is 4.74 Å². The highest BCUT2D eigenvalue weighted by atomic mass is 16.5. The number of aromatic carboxylic acids is 1. The second kappa shape index (κ2) is 7.50. The van der Waals surface area contributed by atoms with Crippen LogP contribution in [0.15, 0.2) is 30.9 Å². The molecule has 0 bridgehead atoms. The molecule has 0 spiro atoms. The van der Waals surface area contributed by atoms with E-state index in [0.29, 0.717) is 25.4 Å². The van der Waals surface area contributed by atoms with Crippen LogP contribution < -0.4 is 5.32 Å². The number of rotatable bonds is 8. The van der Waals surface area contributed by atoms with Crippen molar-refractivity contribution in [1.29, 1.82) is 0 Å². The molecule has 4 heteroatoms. The summed E-state index contributed by atoms with van der Waals surface area (Å²) in [5.74, 6) is -0.926. The van der Waals surface area contributed by atoms with Crippen molar-refractivity contribution >= 4 is 11.7 Å². The van der Waals surface area contributed by atoms with Gasteiger partial charge >= 0.3 is 5.97 Å². The molecular formula is C14H19NO3. The Morgan fingerprint density at radius 3 is 2.94 bits per heavy atom. The predicted octanol–water partition coefficient (Wildman–Crippen LogP) is 2.70. The van der Waals surface area contributed by atoms with E-state index < -0.39 is 5.97 Å². The van der Waals surface area contributed by atoms with Crippen LogP contribution in [0.5, 0.6) is 0 Å². The maximum absolute atomic E-state index is 11.0. The molecule has 2 N–H and O–H groups in total. The number of hydrogen-bond donors (Lipinski definition) is 2. The van der Waals surface area contributed by atoms with Gasteiger partial charge in [-0.1, -0.05) is 12.1 Å². The highest BCUT2D eigenvalue weighted by molar-refractivity contribution is 5.94. The van der Waals surface area contributed by atoms with Gasteiger partial charge in [-0.25, -0.2) is 4.79 Å². The molecule has 0 amide bonds. The van der Waals surface area contributed by atoms with Gasteiger partial charge in [0.2, 0.25) is 0 Å². The lowest BCUT2D eigenvalue weighted by Gasteiger charge is -2.10. The molecular weight excluding hydrogens is 230 g/mol.